The van der Waals surface area contributed by atoms with Crippen molar-refractivity contribution in [3.63, 3.8) is 0 Å². The molecule has 0 aromatic heterocycles. The molecule has 3 rings (SSSR count). The number of benzene rings is 1. The van der Waals surface area contributed by atoms with Crippen molar-refractivity contribution in [2.24, 2.45) is 17.8 Å². The Kier molecular flexibility index (Phi) is 14.0. The average Bonchev–Trinajstić information content (AvgIpc) is 3.25. The molecule has 2 N–H and O–H groups in total. The van der Waals surface area contributed by atoms with Gasteiger partial charge in [-0.3, -0.25) is 19.2 Å². The maximum Gasteiger partial charge on any atom is 0.308 e. The molecule has 4 atom stereocenters. The van der Waals surface area contributed by atoms with E-state index in [0.29, 0.717) is 12.0 Å². The lowest BCUT2D eigenvalue weighted by atomic mass is 9.79. The summed E-state index contributed by atoms with van der Waals surface area (Å²) in [6.45, 7) is 1.76. The van der Waals surface area contributed by atoms with Gasteiger partial charge in [-0.1, -0.05) is 57.8 Å². The summed E-state index contributed by atoms with van der Waals surface area (Å²) >= 11 is 0. The normalized spacial score (nSPS) is 21.1. The van der Waals surface area contributed by atoms with Crippen molar-refractivity contribution in [2.45, 2.75) is 116 Å². The molecule has 2 aliphatic carbocycles. The van der Waals surface area contributed by atoms with Crippen molar-refractivity contribution in [3.05, 3.63) is 29.1 Å². The summed E-state index contributed by atoms with van der Waals surface area (Å²) in [5.41, 5.74) is -0.341. The van der Waals surface area contributed by atoms with E-state index < -0.39 is 66.0 Å². The molecule has 2 fully saturated rings. The summed E-state index contributed by atoms with van der Waals surface area (Å²) in [5, 5.41) is 5.19. The summed E-state index contributed by atoms with van der Waals surface area (Å²) in [6, 6.07) is -2.09. The maximum atomic E-state index is 14.2. The first kappa shape index (κ1) is 35.4. The Bertz CT molecular complexity index is 1130. The average molecular weight is 625 g/mol. The van der Waals surface area contributed by atoms with Crippen LogP contribution in [0.15, 0.2) is 6.07 Å². The van der Waals surface area contributed by atoms with Crippen LogP contribution in [-0.4, -0.2) is 49.4 Å². The monoisotopic (exact) mass is 624 g/mol. The number of ketones is 1. The molecule has 3 unspecified atom stereocenters. The van der Waals surface area contributed by atoms with Crippen molar-refractivity contribution >= 4 is 23.6 Å². The summed E-state index contributed by atoms with van der Waals surface area (Å²) in [4.78, 5) is 51.1. The number of hydrogen-bond donors (Lipinski definition) is 2. The van der Waals surface area contributed by atoms with Crippen LogP contribution in [0.2, 0.25) is 0 Å². The molecule has 2 saturated carbocycles. The number of Topliss-reactive ketones (excluding diaryl/α,β-unsaturated/α-hetero) is 1. The molecule has 1 aromatic rings. The van der Waals surface area contributed by atoms with Crippen molar-refractivity contribution < 1.29 is 41.8 Å². The van der Waals surface area contributed by atoms with Gasteiger partial charge in [-0.25, -0.2) is 8.78 Å². The summed E-state index contributed by atoms with van der Waals surface area (Å²) in [7, 11) is 1.11. The first-order chi connectivity index (χ1) is 21.0. The summed E-state index contributed by atoms with van der Waals surface area (Å²) < 4.78 is 51.4. The second-order valence-corrected chi connectivity index (χ2v) is 12.5. The fraction of sp³-hybridized carbons (Fsp3) is 0.697. The van der Waals surface area contributed by atoms with E-state index in [4.69, 9.17) is 4.74 Å². The second kappa shape index (κ2) is 17.4. The topological polar surface area (TPSA) is 111 Å². The number of esters is 1. The molecule has 2 aliphatic rings. The number of halogens is 3. The van der Waals surface area contributed by atoms with Gasteiger partial charge in [0.15, 0.2) is 17.3 Å². The van der Waals surface area contributed by atoms with Crippen molar-refractivity contribution in [1.82, 2.24) is 10.6 Å². The highest BCUT2D eigenvalue weighted by Crippen LogP contribution is 2.35. The molecular weight excluding hydrogens is 577 g/mol. The Labute approximate surface area is 258 Å². The lowest BCUT2D eigenvalue weighted by Crippen LogP contribution is -2.52. The van der Waals surface area contributed by atoms with Crippen LogP contribution in [0.4, 0.5) is 13.2 Å². The number of amides is 2. The number of methoxy groups -OCH3 is 1. The zero-order valence-electron chi connectivity index (χ0n) is 26.2. The van der Waals surface area contributed by atoms with E-state index in [9.17, 15) is 32.3 Å². The summed E-state index contributed by atoms with van der Waals surface area (Å²) in [5.74, 6) is -6.22. The van der Waals surface area contributed by atoms with Gasteiger partial charge in [-0.05, 0) is 51.4 Å². The number of carbonyl (C=O) groups excluding carboxylic acids is 4. The third-order valence-corrected chi connectivity index (χ3v) is 9.13. The lowest BCUT2D eigenvalue weighted by molar-refractivity contribution is -0.143. The summed E-state index contributed by atoms with van der Waals surface area (Å²) in [6.07, 6.45) is 14.3. The van der Waals surface area contributed by atoms with Gasteiger partial charge in [0, 0.05) is 17.5 Å². The fourth-order valence-corrected chi connectivity index (χ4v) is 6.39. The number of nitrogens with one attached hydrogen (secondary N) is 2. The maximum absolute atomic E-state index is 14.2. The second-order valence-electron chi connectivity index (χ2n) is 12.5. The van der Waals surface area contributed by atoms with E-state index in [1.165, 1.54) is 58.3 Å². The minimum absolute atomic E-state index is 0.215. The molecule has 1 aromatic carbocycles. The number of carbonyl (C=O) groups is 4. The van der Waals surface area contributed by atoms with Crippen molar-refractivity contribution in [3.8, 4) is 5.75 Å². The molecule has 0 bridgehead atoms. The SMILES string of the molecule is COC(=O)CC(NC(=O)[C@H](C)NC(=O)C1CCCCC(CC2CCCCCC2)CC1)C(=O)COc1c(C)c(F)cc(F)c1F. The van der Waals surface area contributed by atoms with Gasteiger partial charge in [-0.15, -0.1) is 0 Å². The van der Waals surface area contributed by atoms with Crippen LogP contribution >= 0.6 is 0 Å². The van der Waals surface area contributed by atoms with Crippen LogP contribution in [0.25, 0.3) is 0 Å². The minimum atomic E-state index is -1.49. The molecule has 246 valence electrons. The quantitative estimate of drug-likeness (QED) is 0.171. The first-order valence-electron chi connectivity index (χ1n) is 16.0. The van der Waals surface area contributed by atoms with Gasteiger partial charge in [0.2, 0.25) is 17.6 Å². The number of hydrogen-bond acceptors (Lipinski definition) is 6. The molecule has 8 nitrogen and oxygen atoms in total. The molecule has 0 heterocycles. The van der Waals surface area contributed by atoms with Gasteiger partial charge in [0.1, 0.15) is 24.5 Å². The Morgan fingerprint density at radius 3 is 2.14 bits per heavy atom. The molecule has 0 spiro atoms. The van der Waals surface area contributed by atoms with Crippen molar-refractivity contribution in [2.75, 3.05) is 13.7 Å². The predicted molar refractivity (Wildman–Crippen MR) is 158 cm³/mol. The molecule has 2 amide bonds. The number of rotatable bonds is 12. The van der Waals surface area contributed by atoms with Gasteiger partial charge >= 0.3 is 5.97 Å². The van der Waals surface area contributed by atoms with E-state index >= 15 is 0 Å². The third-order valence-electron chi connectivity index (χ3n) is 9.13. The van der Waals surface area contributed by atoms with Crippen LogP contribution < -0.4 is 15.4 Å². The Hall–Kier alpha value is -3.11. The van der Waals surface area contributed by atoms with Gasteiger partial charge in [-0.2, -0.15) is 4.39 Å². The van der Waals surface area contributed by atoms with E-state index in [1.807, 2.05) is 0 Å². The third kappa shape index (κ3) is 10.5. The van der Waals surface area contributed by atoms with E-state index in [0.717, 1.165) is 52.1 Å². The first-order valence-corrected chi connectivity index (χ1v) is 16.0. The lowest BCUT2D eigenvalue weighted by Gasteiger charge is -2.28. The zero-order valence-corrected chi connectivity index (χ0v) is 26.2. The molecule has 11 heteroatoms. The van der Waals surface area contributed by atoms with Gasteiger partial charge < -0.3 is 20.1 Å². The highest BCUT2D eigenvalue weighted by Gasteiger charge is 2.30. The Morgan fingerprint density at radius 2 is 1.48 bits per heavy atom. The van der Waals surface area contributed by atoms with Gasteiger partial charge in [0.05, 0.1) is 13.5 Å². The zero-order chi connectivity index (χ0) is 32.2. The highest BCUT2D eigenvalue weighted by atomic mass is 19.2. The molecule has 0 radical (unpaired) electrons. The van der Waals surface area contributed by atoms with Crippen LogP contribution in [0.3, 0.4) is 0 Å². The van der Waals surface area contributed by atoms with Crippen LogP contribution in [0.1, 0.15) is 102 Å². The largest absolute Gasteiger partial charge is 0.482 e. The standard InChI is InChI=1S/C33H47F3N2O6/c1-20-25(34)17-26(35)30(36)31(20)44-19-28(39)27(18-29(40)43-3)38-32(41)21(2)37-33(42)24-13-9-8-12-23(14-15-24)16-22-10-6-4-5-7-11-22/h17,21-24,27H,4-16,18-19H2,1-3H3,(H,37,42)(H,38,41)/t21-,23?,24?,27?/m0/s1. The van der Waals surface area contributed by atoms with E-state index in [1.54, 1.807) is 0 Å². The predicted octanol–water partition coefficient (Wildman–Crippen LogP) is 5.86. The van der Waals surface area contributed by atoms with Crippen LogP contribution in [0.5, 0.6) is 5.75 Å². The smallest absolute Gasteiger partial charge is 0.308 e. The van der Waals surface area contributed by atoms with E-state index in [-0.39, 0.29) is 17.4 Å². The fourth-order valence-electron chi connectivity index (χ4n) is 6.39. The van der Waals surface area contributed by atoms with Crippen LogP contribution in [0, 0.1) is 42.1 Å². The molecule has 0 aliphatic heterocycles. The molecule has 44 heavy (non-hydrogen) atoms. The van der Waals surface area contributed by atoms with Crippen molar-refractivity contribution in [1.29, 1.82) is 0 Å². The Balaban J connectivity index is 1.56. The van der Waals surface area contributed by atoms with Gasteiger partial charge in [0.25, 0.3) is 0 Å². The Morgan fingerprint density at radius 1 is 0.864 bits per heavy atom. The molecule has 0 saturated heterocycles. The highest BCUT2D eigenvalue weighted by molar-refractivity contribution is 5.95. The molecular formula is C33H47F3N2O6. The minimum Gasteiger partial charge on any atom is -0.482 e. The number of ether oxygens (including phenoxy) is 2. The van der Waals surface area contributed by atoms with E-state index in [2.05, 4.69) is 15.4 Å². The van der Waals surface area contributed by atoms with Crippen LogP contribution in [-0.2, 0) is 23.9 Å².